The van der Waals surface area contributed by atoms with E-state index < -0.39 is 5.97 Å². The van der Waals surface area contributed by atoms with Crippen LogP contribution in [0.5, 0.6) is 5.75 Å². The van der Waals surface area contributed by atoms with E-state index >= 15 is 0 Å². The number of amides is 1. The molecule has 0 aliphatic carbocycles. The molecule has 0 saturated heterocycles. The maximum atomic E-state index is 12.2. The van der Waals surface area contributed by atoms with Gasteiger partial charge >= 0.3 is 5.97 Å². The van der Waals surface area contributed by atoms with E-state index in [2.05, 4.69) is 5.32 Å². The Kier molecular flexibility index (Phi) is 5.19. The molecule has 1 amide bonds. The van der Waals surface area contributed by atoms with Crippen molar-refractivity contribution < 1.29 is 19.1 Å². The molecule has 2 rings (SSSR count). The van der Waals surface area contributed by atoms with Gasteiger partial charge in [0.1, 0.15) is 11.3 Å². The molecule has 3 N–H and O–H groups in total. The van der Waals surface area contributed by atoms with Gasteiger partial charge in [0.15, 0.2) is 0 Å². The summed E-state index contributed by atoms with van der Waals surface area (Å²) in [6.45, 7) is 2.00. The summed E-state index contributed by atoms with van der Waals surface area (Å²) in [5, 5.41) is 2.73. The van der Waals surface area contributed by atoms with Gasteiger partial charge in [-0.3, -0.25) is 4.79 Å². The summed E-state index contributed by atoms with van der Waals surface area (Å²) in [5.41, 5.74) is 7.42. The van der Waals surface area contributed by atoms with Crippen LogP contribution in [0.4, 0.5) is 11.4 Å². The van der Waals surface area contributed by atoms with Gasteiger partial charge in [-0.15, -0.1) is 0 Å². The minimum Gasteiger partial charge on any atom is -0.496 e. The van der Waals surface area contributed by atoms with Crippen LogP contribution in [0, 0.1) is 0 Å². The molecule has 0 aliphatic rings. The molecule has 0 atom stereocenters. The Hall–Kier alpha value is -3.02. The largest absolute Gasteiger partial charge is 0.496 e. The molecular weight excluding hydrogens is 296 g/mol. The third-order valence-corrected chi connectivity index (χ3v) is 3.10. The summed E-state index contributed by atoms with van der Waals surface area (Å²) in [6.07, 6.45) is 0. The number of esters is 1. The first-order chi connectivity index (χ1) is 11.0. The Labute approximate surface area is 134 Å². The van der Waals surface area contributed by atoms with Crippen molar-refractivity contribution in [2.45, 2.75) is 6.92 Å². The monoisotopic (exact) mass is 314 g/mol. The number of hydrogen-bond acceptors (Lipinski definition) is 5. The van der Waals surface area contributed by atoms with Crippen molar-refractivity contribution in [2.24, 2.45) is 0 Å². The van der Waals surface area contributed by atoms with Crippen molar-refractivity contribution >= 4 is 23.3 Å². The maximum absolute atomic E-state index is 12.2. The van der Waals surface area contributed by atoms with Gasteiger partial charge in [-0.05, 0) is 37.3 Å². The average Bonchev–Trinajstić information content (AvgIpc) is 2.54. The lowest BCUT2D eigenvalue weighted by molar-refractivity contribution is 0.0522. The standard InChI is InChI=1S/C17H18N2O4/c1-3-23-17(21)14-8-7-13(10-15(14)22-2)19-16(20)11-5-4-6-12(18)9-11/h4-10H,3,18H2,1-2H3,(H,19,20). The second-order valence-electron chi connectivity index (χ2n) is 4.72. The molecule has 2 aromatic rings. The predicted molar refractivity (Wildman–Crippen MR) is 87.8 cm³/mol. The van der Waals surface area contributed by atoms with Crippen LogP contribution in [0.3, 0.4) is 0 Å². The van der Waals surface area contributed by atoms with Crippen LogP contribution in [0.2, 0.25) is 0 Å². The van der Waals surface area contributed by atoms with Gasteiger partial charge in [-0.25, -0.2) is 4.79 Å². The molecule has 6 nitrogen and oxygen atoms in total. The number of methoxy groups -OCH3 is 1. The second-order valence-corrected chi connectivity index (χ2v) is 4.72. The lowest BCUT2D eigenvalue weighted by Crippen LogP contribution is -2.13. The highest BCUT2D eigenvalue weighted by Crippen LogP contribution is 2.24. The van der Waals surface area contributed by atoms with Crippen LogP contribution >= 0.6 is 0 Å². The molecule has 0 radical (unpaired) electrons. The summed E-state index contributed by atoms with van der Waals surface area (Å²) in [6, 6.07) is 11.4. The average molecular weight is 314 g/mol. The normalized spacial score (nSPS) is 10.0. The summed E-state index contributed by atoms with van der Waals surface area (Å²) in [4.78, 5) is 24.0. The molecule has 0 saturated carbocycles. The van der Waals surface area contributed by atoms with E-state index in [-0.39, 0.29) is 12.5 Å². The number of ether oxygens (including phenoxy) is 2. The van der Waals surface area contributed by atoms with Gasteiger partial charge in [0.2, 0.25) is 0 Å². The smallest absolute Gasteiger partial charge is 0.341 e. The number of carbonyl (C=O) groups excluding carboxylic acids is 2. The van der Waals surface area contributed by atoms with E-state index in [4.69, 9.17) is 15.2 Å². The van der Waals surface area contributed by atoms with E-state index in [0.29, 0.717) is 28.3 Å². The van der Waals surface area contributed by atoms with E-state index in [1.54, 1.807) is 49.4 Å². The zero-order chi connectivity index (χ0) is 16.8. The Bertz CT molecular complexity index is 728. The maximum Gasteiger partial charge on any atom is 0.341 e. The Morgan fingerprint density at radius 3 is 2.61 bits per heavy atom. The molecule has 0 fully saturated rings. The Morgan fingerprint density at radius 2 is 1.96 bits per heavy atom. The van der Waals surface area contributed by atoms with Crippen LogP contribution in [0.25, 0.3) is 0 Å². The number of nitrogens with two attached hydrogens (primary N) is 1. The number of nitrogens with one attached hydrogen (secondary N) is 1. The topological polar surface area (TPSA) is 90.7 Å². The lowest BCUT2D eigenvalue weighted by atomic mass is 10.1. The van der Waals surface area contributed by atoms with Crippen LogP contribution in [0.15, 0.2) is 42.5 Å². The van der Waals surface area contributed by atoms with Crippen molar-refractivity contribution in [1.82, 2.24) is 0 Å². The molecule has 120 valence electrons. The number of hydrogen-bond donors (Lipinski definition) is 2. The third-order valence-electron chi connectivity index (χ3n) is 3.10. The van der Waals surface area contributed by atoms with Crippen molar-refractivity contribution in [3.63, 3.8) is 0 Å². The van der Waals surface area contributed by atoms with Gasteiger partial charge in [0.25, 0.3) is 5.91 Å². The number of anilines is 2. The fourth-order valence-electron chi connectivity index (χ4n) is 2.03. The molecule has 2 aromatic carbocycles. The zero-order valence-corrected chi connectivity index (χ0v) is 13.0. The van der Waals surface area contributed by atoms with E-state index in [0.717, 1.165) is 0 Å². The fourth-order valence-corrected chi connectivity index (χ4v) is 2.03. The molecule has 0 bridgehead atoms. The highest BCUT2D eigenvalue weighted by molar-refractivity contribution is 6.05. The van der Waals surface area contributed by atoms with Gasteiger partial charge < -0.3 is 20.5 Å². The summed E-state index contributed by atoms with van der Waals surface area (Å²) in [7, 11) is 1.45. The third kappa shape index (κ3) is 4.00. The molecule has 0 aliphatic heterocycles. The SMILES string of the molecule is CCOC(=O)c1ccc(NC(=O)c2cccc(N)c2)cc1OC. The molecule has 0 unspecified atom stereocenters. The number of benzene rings is 2. The zero-order valence-electron chi connectivity index (χ0n) is 13.0. The lowest BCUT2D eigenvalue weighted by Gasteiger charge is -2.11. The Balaban J connectivity index is 2.21. The molecule has 23 heavy (non-hydrogen) atoms. The summed E-state index contributed by atoms with van der Waals surface area (Å²) < 4.78 is 10.1. The first-order valence-corrected chi connectivity index (χ1v) is 7.07. The first kappa shape index (κ1) is 16.4. The summed E-state index contributed by atoms with van der Waals surface area (Å²) in [5.74, 6) is -0.449. The quantitative estimate of drug-likeness (QED) is 0.654. The highest BCUT2D eigenvalue weighted by Gasteiger charge is 2.15. The van der Waals surface area contributed by atoms with E-state index in [1.807, 2.05) is 0 Å². The van der Waals surface area contributed by atoms with Crippen LogP contribution in [0.1, 0.15) is 27.6 Å². The first-order valence-electron chi connectivity index (χ1n) is 7.07. The van der Waals surface area contributed by atoms with E-state index in [1.165, 1.54) is 7.11 Å². The number of carbonyl (C=O) groups is 2. The fraction of sp³-hybridized carbons (Fsp3) is 0.176. The van der Waals surface area contributed by atoms with Crippen molar-refractivity contribution in [3.8, 4) is 5.75 Å². The van der Waals surface area contributed by atoms with Crippen molar-refractivity contribution in [2.75, 3.05) is 24.8 Å². The second kappa shape index (κ2) is 7.31. The van der Waals surface area contributed by atoms with Crippen molar-refractivity contribution in [1.29, 1.82) is 0 Å². The van der Waals surface area contributed by atoms with Gasteiger partial charge in [0, 0.05) is 23.0 Å². The van der Waals surface area contributed by atoms with Crippen LogP contribution < -0.4 is 15.8 Å². The predicted octanol–water partition coefficient (Wildman–Crippen LogP) is 2.71. The van der Waals surface area contributed by atoms with Crippen molar-refractivity contribution in [3.05, 3.63) is 53.6 Å². The minimum absolute atomic E-state index is 0.274. The Morgan fingerprint density at radius 1 is 1.17 bits per heavy atom. The van der Waals surface area contributed by atoms with Crippen LogP contribution in [-0.2, 0) is 4.74 Å². The molecule has 6 heteroatoms. The molecule has 0 heterocycles. The van der Waals surface area contributed by atoms with Gasteiger partial charge in [-0.2, -0.15) is 0 Å². The van der Waals surface area contributed by atoms with E-state index in [9.17, 15) is 9.59 Å². The number of rotatable bonds is 5. The summed E-state index contributed by atoms with van der Waals surface area (Å²) >= 11 is 0. The minimum atomic E-state index is -0.474. The molecule has 0 aromatic heterocycles. The molecule has 0 spiro atoms. The highest BCUT2D eigenvalue weighted by atomic mass is 16.5. The van der Waals surface area contributed by atoms with Gasteiger partial charge in [-0.1, -0.05) is 6.07 Å². The van der Waals surface area contributed by atoms with Crippen LogP contribution in [-0.4, -0.2) is 25.6 Å². The number of nitrogen functional groups attached to an aromatic ring is 1. The molecular formula is C17H18N2O4. The van der Waals surface area contributed by atoms with Gasteiger partial charge in [0.05, 0.1) is 13.7 Å².